The molecule has 2 aromatic rings. The van der Waals surface area contributed by atoms with Crippen molar-refractivity contribution in [2.75, 3.05) is 0 Å². The molecule has 0 aliphatic heterocycles. The van der Waals surface area contributed by atoms with Crippen LogP contribution in [0.15, 0.2) is 45.9 Å². The molecule has 0 aliphatic rings. The van der Waals surface area contributed by atoms with E-state index in [1.165, 1.54) is 12.3 Å². The fraction of sp³-hybridized carbons (Fsp3) is 0.286. The van der Waals surface area contributed by atoms with Crippen LogP contribution in [0, 0.1) is 6.92 Å². The summed E-state index contributed by atoms with van der Waals surface area (Å²) in [5, 5.41) is 9.21. The zero-order chi connectivity index (χ0) is 14.8. The Morgan fingerprint density at radius 2 is 2.05 bits per heavy atom. The van der Waals surface area contributed by atoms with Crippen molar-refractivity contribution in [1.29, 1.82) is 0 Å². The van der Waals surface area contributed by atoms with Gasteiger partial charge in [0.2, 0.25) is 10.0 Å². The monoisotopic (exact) mass is 295 g/mol. The number of rotatable bonds is 5. The lowest BCUT2D eigenvalue weighted by molar-refractivity contribution is 0.280. The second-order valence-corrected chi connectivity index (χ2v) is 6.24. The Labute approximate surface area is 118 Å². The Morgan fingerprint density at radius 3 is 2.65 bits per heavy atom. The molecule has 2 N–H and O–H groups in total. The minimum absolute atomic E-state index is 0.169. The van der Waals surface area contributed by atoms with E-state index >= 15 is 0 Å². The summed E-state index contributed by atoms with van der Waals surface area (Å²) in [5.41, 5.74) is 1.15. The van der Waals surface area contributed by atoms with Crippen molar-refractivity contribution in [3.63, 3.8) is 0 Å². The first-order chi connectivity index (χ1) is 9.45. The van der Waals surface area contributed by atoms with Crippen LogP contribution >= 0.6 is 0 Å². The maximum Gasteiger partial charge on any atom is 0.241 e. The molecule has 108 valence electrons. The summed E-state index contributed by atoms with van der Waals surface area (Å²) in [4.78, 5) is 0.169. The number of aliphatic hydroxyl groups is 1. The van der Waals surface area contributed by atoms with Crippen LogP contribution in [-0.2, 0) is 16.6 Å². The maximum atomic E-state index is 12.4. The fourth-order valence-corrected chi connectivity index (χ4v) is 3.51. The first-order valence-electron chi connectivity index (χ1n) is 6.21. The van der Waals surface area contributed by atoms with E-state index in [9.17, 15) is 13.5 Å². The van der Waals surface area contributed by atoms with Gasteiger partial charge in [-0.25, -0.2) is 13.1 Å². The second-order valence-electron chi connectivity index (χ2n) is 4.56. The SMILES string of the molecule is Cc1c(CO)cccc1S(=O)(=O)NC(C)c1ccco1. The van der Waals surface area contributed by atoms with E-state index in [0.29, 0.717) is 16.9 Å². The molecular weight excluding hydrogens is 278 g/mol. The van der Waals surface area contributed by atoms with Gasteiger partial charge in [-0.15, -0.1) is 0 Å². The Hall–Kier alpha value is -1.63. The van der Waals surface area contributed by atoms with Crippen molar-refractivity contribution in [3.8, 4) is 0 Å². The normalized spacial score (nSPS) is 13.3. The van der Waals surface area contributed by atoms with Gasteiger partial charge in [-0.05, 0) is 43.2 Å². The van der Waals surface area contributed by atoms with Crippen LogP contribution in [0.4, 0.5) is 0 Å². The molecule has 1 unspecified atom stereocenters. The Morgan fingerprint density at radius 1 is 1.30 bits per heavy atom. The number of benzene rings is 1. The van der Waals surface area contributed by atoms with E-state index in [2.05, 4.69) is 4.72 Å². The van der Waals surface area contributed by atoms with E-state index in [1.54, 1.807) is 38.1 Å². The van der Waals surface area contributed by atoms with Gasteiger partial charge < -0.3 is 9.52 Å². The van der Waals surface area contributed by atoms with Crippen LogP contribution in [0.5, 0.6) is 0 Å². The zero-order valence-corrected chi connectivity index (χ0v) is 12.1. The molecule has 5 nitrogen and oxygen atoms in total. The van der Waals surface area contributed by atoms with Gasteiger partial charge in [0.25, 0.3) is 0 Å². The third-order valence-electron chi connectivity index (χ3n) is 3.16. The largest absolute Gasteiger partial charge is 0.468 e. The molecule has 20 heavy (non-hydrogen) atoms. The van der Waals surface area contributed by atoms with Gasteiger partial charge in [0, 0.05) is 0 Å². The first-order valence-corrected chi connectivity index (χ1v) is 7.69. The Balaban J connectivity index is 2.31. The summed E-state index contributed by atoms with van der Waals surface area (Å²) >= 11 is 0. The minimum atomic E-state index is -3.67. The van der Waals surface area contributed by atoms with Crippen LogP contribution in [0.1, 0.15) is 29.9 Å². The molecule has 0 saturated carbocycles. The van der Waals surface area contributed by atoms with Crippen molar-refractivity contribution < 1.29 is 17.9 Å². The molecule has 1 heterocycles. The maximum absolute atomic E-state index is 12.4. The van der Waals surface area contributed by atoms with Gasteiger partial charge >= 0.3 is 0 Å². The molecule has 0 saturated heterocycles. The average molecular weight is 295 g/mol. The van der Waals surface area contributed by atoms with E-state index in [4.69, 9.17) is 4.42 Å². The molecule has 0 radical (unpaired) electrons. The molecular formula is C14H17NO4S. The number of hydrogen-bond donors (Lipinski definition) is 2. The van der Waals surface area contributed by atoms with Crippen molar-refractivity contribution in [3.05, 3.63) is 53.5 Å². The van der Waals surface area contributed by atoms with Crippen molar-refractivity contribution in [1.82, 2.24) is 4.72 Å². The molecule has 1 atom stereocenters. The molecule has 0 amide bonds. The summed E-state index contributed by atoms with van der Waals surface area (Å²) in [6.45, 7) is 3.20. The summed E-state index contributed by atoms with van der Waals surface area (Å²) < 4.78 is 32.5. The number of nitrogens with one attached hydrogen (secondary N) is 1. The smallest absolute Gasteiger partial charge is 0.241 e. The fourth-order valence-electron chi connectivity index (χ4n) is 2.01. The molecule has 6 heteroatoms. The van der Waals surface area contributed by atoms with E-state index in [0.717, 1.165) is 0 Å². The molecule has 0 spiro atoms. The van der Waals surface area contributed by atoms with Gasteiger partial charge in [0.15, 0.2) is 0 Å². The van der Waals surface area contributed by atoms with Gasteiger partial charge in [0.1, 0.15) is 5.76 Å². The second kappa shape index (κ2) is 5.78. The highest BCUT2D eigenvalue weighted by atomic mass is 32.2. The van der Waals surface area contributed by atoms with Gasteiger partial charge in [-0.1, -0.05) is 12.1 Å². The third kappa shape index (κ3) is 2.92. The average Bonchev–Trinajstić information content (AvgIpc) is 2.92. The standard InChI is InChI=1S/C14H17NO4S/c1-10-12(9-16)5-3-7-14(10)20(17,18)15-11(2)13-6-4-8-19-13/h3-8,11,15-16H,9H2,1-2H3. The van der Waals surface area contributed by atoms with E-state index in [-0.39, 0.29) is 11.5 Å². The van der Waals surface area contributed by atoms with Crippen LogP contribution in [0.2, 0.25) is 0 Å². The first kappa shape index (κ1) is 14.8. The predicted molar refractivity (Wildman–Crippen MR) is 74.5 cm³/mol. The van der Waals surface area contributed by atoms with Gasteiger partial charge in [-0.3, -0.25) is 0 Å². The number of furan rings is 1. The van der Waals surface area contributed by atoms with E-state index < -0.39 is 16.1 Å². The van der Waals surface area contributed by atoms with Crippen LogP contribution in [0.25, 0.3) is 0 Å². The summed E-state index contributed by atoms with van der Waals surface area (Å²) in [6.07, 6.45) is 1.50. The highest BCUT2D eigenvalue weighted by Gasteiger charge is 2.22. The third-order valence-corrected chi connectivity index (χ3v) is 4.84. The highest BCUT2D eigenvalue weighted by Crippen LogP contribution is 2.22. The van der Waals surface area contributed by atoms with Crippen LogP contribution < -0.4 is 4.72 Å². The minimum Gasteiger partial charge on any atom is -0.468 e. The summed E-state index contributed by atoms with van der Waals surface area (Å²) in [7, 11) is -3.67. The van der Waals surface area contributed by atoms with Crippen molar-refractivity contribution in [2.24, 2.45) is 0 Å². The molecule has 1 aromatic carbocycles. The predicted octanol–water partition coefficient (Wildman–Crippen LogP) is 2.12. The number of aliphatic hydroxyl groups excluding tert-OH is 1. The lowest BCUT2D eigenvalue weighted by Crippen LogP contribution is -2.27. The number of sulfonamides is 1. The lowest BCUT2D eigenvalue weighted by Gasteiger charge is -2.15. The number of hydrogen-bond acceptors (Lipinski definition) is 4. The highest BCUT2D eigenvalue weighted by molar-refractivity contribution is 7.89. The molecule has 0 bridgehead atoms. The van der Waals surface area contributed by atoms with Crippen LogP contribution in [-0.4, -0.2) is 13.5 Å². The molecule has 0 aliphatic carbocycles. The molecule has 0 fully saturated rings. The molecule has 1 aromatic heterocycles. The van der Waals surface area contributed by atoms with Crippen LogP contribution in [0.3, 0.4) is 0 Å². The summed E-state index contributed by atoms with van der Waals surface area (Å²) in [6, 6.07) is 7.79. The molecule has 2 rings (SSSR count). The van der Waals surface area contributed by atoms with Crippen molar-refractivity contribution in [2.45, 2.75) is 31.4 Å². The lowest BCUT2D eigenvalue weighted by atomic mass is 10.1. The van der Waals surface area contributed by atoms with Gasteiger partial charge in [0.05, 0.1) is 23.8 Å². The van der Waals surface area contributed by atoms with E-state index in [1.807, 2.05) is 0 Å². The Bertz CT molecular complexity index is 677. The van der Waals surface area contributed by atoms with Gasteiger partial charge in [-0.2, -0.15) is 0 Å². The Kier molecular flexibility index (Phi) is 4.27. The summed E-state index contributed by atoms with van der Waals surface area (Å²) in [5.74, 6) is 0.546. The van der Waals surface area contributed by atoms with Crippen molar-refractivity contribution >= 4 is 10.0 Å². The quantitative estimate of drug-likeness (QED) is 0.885. The topological polar surface area (TPSA) is 79.5 Å². The zero-order valence-electron chi connectivity index (χ0n) is 11.3.